The number of hydrogen-bond acceptors (Lipinski definition) is 5. The number of ether oxygens (including phenoxy) is 2. The SMILES string of the molecule is CC.CC[P+](C)=O.[C-]#[N+]c1cnc2cc(OC)c(OC)cc2c1Nc1ccccc1. The Labute approximate surface area is 179 Å². The van der Waals surface area contributed by atoms with E-state index in [-0.39, 0.29) is 0 Å². The standard InChI is InChI=1S/C18H15N3O2.C3H8OP.C2H6/c1-19-15-11-20-14-10-17(23-3)16(22-2)9-13(14)18(15)21-12-7-5-4-6-8-12;1-3-5(2)4;1-2/h4-11H,2-3H3,(H,20,21);3H2,1-2H3;1-2H3/q;+1;. The Morgan fingerprint density at radius 1 is 1.10 bits per heavy atom. The summed E-state index contributed by atoms with van der Waals surface area (Å²) in [5, 5.41) is 4.11. The smallest absolute Gasteiger partial charge is 0.335 e. The normalized spacial score (nSPS) is 9.83. The molecular formula is C23H29N3O3P+. The van der Waals surface area contributed by atoms with Gasteiger partial charge in [0.15, 0.2) is 11.5 Å². The number of pyridine rings is 1. The number of para-hydroxylation sites is 1. The second-order valence-electron chi connectivity index (χ2n) is 5.79. The van der Waals surface area contributed by atoms with Crippen LogP contribution in [-0.4, -0.2) is 32.0 Å². The van der Waals surface area contributed by atoms with Crippen LogP contribution in [-0.2, 0) is 4.57 Å². The van der Waals surface area contributed by atoms with Gasteiger partial charge in [-0.3, -0.25) is 4.98 Å². The molecule has 30 heavy (non-hydrogen) atoms. The Hall–Kier alpha value is -3.16. The van der Waals surface area contributed by atoms with Crippen molar-refractivity contribution < 1.29 is 14.0 Å². The van der Waals surface area contributed by atoms with Gasteiger partial charge in [0.25, 0.3) is 0 Å². The predicted molar refractivity (Wildman–Crippen MR) is 126 cm³/mol. The molecule has 0 aliphatic carbocycles. The molecule has 0 fully saturated rings. The molecule has 0 aliphatic heterocycles. The van der Waals surface area contributed by atoms with Crippen molar-refractivity contribution in [3.63, 3.8) is 0 Å². The Bertz CT molecular complexity index is 1000. The average Bonchev–Trinajstić information content (AvgIpc) is 2.80. The summed E-state index contributed by atoms with van der Waals surface area (Å²) in [6, 6.07) is 13.3. The minimum Gasteiger partial charge on any atom is -0.493 e. The van der Waals surface area contributed by atoms with Gasteiger partial charge in [-0.1, -0.05) is 36.6 Å². The van der Waals surface area contributed by atoms with Crippen molar-refractivity contribution in [3.05, 3.63) is 60.1 Å². The molecule has 3 rings (SSSR count). The summed E-state index contributed by atoms with van der Waals surface area (Å²) in [6.45, 7) is 15.0. The highest BCUT2D eigenvalue weighted by molar-refractivity contribution is 7.43. The third-order valence-corrected chi connectivity index (χ3v) is 4.85. The van der Waals surface area contributed by atoms with Crippen molar-refractivity contribution in [2.75, 3.05) is 32.4 Å². The first-order valence-corrected chi connectivity index (χ1v) is 11.6. The van der Waals surface area contributed by atoms with Crippen LogP contribution in [0, 0.1) is 6.57 Å². The van der Waals surface area contributed by atoms with Crippen LogP contribution in [0.25, 0.3) is 15.7 Å². The van der Waals surface area contributed by atoms with Gasteiger partial charge in [0.2, 0.25) is 5.69 Å². The molecule has 0 radical (unpaired) electrons. The maximum absolute atomic E-state index is 9.96. The Kier molecular flexibility index (Phi) is 10.9. The summed E-state index contributed by atoms with van der Waals surface area (Å²) in [6.07, 6.45) is 2.38. The largest absolute Gasteiger partial charge is 0.493 e. The van der Waals surface area contributed by atoms with Gasteiger partial charge in [-0.2, -0.15) is 0 Å². The van der Waals surface area contributed by atoms with E-state index < -0.39 is 7.80 Å². The molecule has 0 bridgehead atoms. The maximum Gasteiger partial charge on any atom is 0.335 e. The minimum atomic E-state index is -0.848. The molecular weight excluding hydrogens is 397 g/mol. The second-order valence-corrected chi connectivity index (χ2v) is 7.68. The molecule has 0 aliphatic rings. The van der Waals surface area contributed by atoms with Crippen molar-refractivity contribution in [1.82, 2.24) is 4.98 Å². The Morgan fingerprint density at radius 3 is 2.17 bits per heavy atom. The third-order valence-electron chi connectivity index (χ3n) is 3.96. The van der Waals surface area contributed by atoms with Gasteiger partial charge in [0.05, 0.1) is 32.0 Å². The lowest BCUT2D eigenvalue weighted by Crippen LogP contribution is -1.96. The first-order chi connectivity index (χ1) is 14.5. The van der Waals surface area contributed by atoms with Crippen molar-refractivity contribution in [1.29, 1.82) is 0 Å². The van der Waals surface area contributed by atoms with Crippen LogP contribution >= 0.6 is 7.80 Å². The molecule has 7 heteroatoms. The van der Waals surface area contributed by atoms with Crippen LogP contribution < -0.4 is 14.8 Å². The van der Waals surface area contributed by atoms with Crippen molar-refractivity contribution in [2.24, 2.45) is 0 Å². The highest BCUT2D eigenvalue weighted by Gasteiger charge is 2.13. The number of nitrogens with zero attached hydrogens (tertiary/aromatic N) is 2. The average molecular weight is 426 g/mol. The van der Waals surface area contributed by atoms with Gasteiger partial charge in [-0.25, -0.2) is 4.85 Å². The minimum absolute atomic E-state index is 0.452. The summed E-state index contributed by atoms with van der Waals surface area (Å²) in [7, 11) is 2.32. The van der Waals surface area contributed by atoms with Gasteiger partial charge >= 0.3 is 7.80 Å². The zero-order chi connectivity index (χ0) is 22.5. The van der Waals surface area contributed by atoms with Gasteiger partial charge in [-0.05, 0) is 25.1 Å². The number of fused-ring (bicyclic) bond motifs is 1. The van der Waals surface area contributed by atoms with E-state index in [4.69, 9.17) is 16.0 Å². The van der Waals surface area contributed by atoms with Crippen LogP contribution in [0.2, 0.25) is 0 Å². The molecule has 1 unspecified atom stereocenters. The van der Waals surface area contributed by atoms with Crippen LogP contribution in [0.3, 0.4) is 0 Å². The summed E-state index contributed by atoms with van der Waals surface area (Å²) in [4.78, 5) is 7.92. The van der Waals surface area contributed by atoms with Crippen molar-refractivity contribution >= 4 is 35.8 Å². The fourth-order valence-electron chi connectivity index (χ4n) is 2.39. The zero-order valence-electron chi connectivity index (χ0n) is 18.4. The lowest BCUT2D eigenvalue weighted by molar-refractivity contribution is 0.356. The van der Waals surface area contributed by atoms with Gasteiger partial charge in [0.1, 0.15) is 12.8 Å². The summed E-state index contributed by atoms with van der Waals surface area (Å²) >= 11 is 0. The Balaban J connectivity index is 0.000000565. The third kappa shape index (κ3) is 6.72. The van der Waals surface area contributed by atoms with Crippen LogP contribution in [0.5, 0.6) is 11.5 Å². The van der Waals surface area contributed by atoms with E-state index in [1.54, 1.807) is 33.1 Å². The van der Waals surface area contributed by atoms with E-state index >= 15 is 0 Å². The van der Waals surface area contributed by atoms with Gasteiger partial charge in [0, 0.05) is 23.3 Å². The number of hydrogen-bond donors (Lipinski definition) is 1. The first-order valence-electron chi connectivity index (χ1n) is 9.66. The molecule has 0 saturated carbocycles. The first kappa shape index (κ1) is 24.9. The number of rotatable bonds is 5. The lowest BCUT2D eigenvalue weighted by atomic mass is 10.1. The number of nitrogens with one attached hydrogen (secondary N) is 1. The fourth-order valence-corrected chi connectivity index (χ4v) is 2.39. The topological polar surface area (TPSA) is 64.8 Å². The highest BCUT2D eigenvalue weighted by atomic mass is 31.1. The van der Waals surface area contributed by atoms with Crippen LogP contribution in [0.4, 0.5) is 17.1 Å². The number of aromatic nitrogens is 1. The number of anilines is 2. The van der Waals surface area contributed by atoms with E-state index in [1.807, 2.05) is 57.2 Å². The molecule has 3 aromatic rings. The summed E-state index contributed by atoms with van der Waals surface area (Å²) in [5.41, 5.74) is 2.79. The van der Waals surface area contributed by atoms with Gasteiger partial charge in [-0.15, -0.1) is 0 Å². The fraction of sp³-hybridized carbons (Fsp3) is 0.304. The molecule has 0 saturated heterocycles. The van der Waals surface area contributed by atoms with E-state index in [2.05, 4.69) is 15.1 Å². The lowest BCUT2D eigenvalue weighted by Gasteiger charge is -2.14. The Morgan fingerprint density at radius 2 is 1.67 bits per heavy atom. The molecule has 2 aromatic carbocycles. The highest BCUT2D eigenvalue weighted by Crippen LogP contribution is 2.39. The monoisotopic (exact) mass is 426 g/mol. The maximum atomic E-state index is 9.96. The summed E-state index contributed by atoms with van der Waals surface area (Å²) < 4.78 is 20.6. The second kappa shape index (κ2) is 13.1. The molecule has 0 spiro atoms. The molecule has 6 nitrogen and oxygen atoms in total. The number of benzene rings is 2. The number of methoxy groups -OCH3 is 2. The van der Waals surface area contributed by atoms with Crippen LogP contribution in [0.15, 0.2) is 48.7 Å². The van der Waals surface area contributed by atoms with E-state index in [0.29, 0.717) is 22.9 Å². The van der Waals surface area contributed by atoms with E-state index in [9.17, 15) is 4.57 Å². The molecule has 1 aromatic heterocycles. The zero-order valence-corrected chi connectivity index (χ0v) is 19.3. The molecule has 0 amide bonds. The van der Waals surface area contributed by atoms with E-state index in [1.165, 1.54) is 0 Å². The molecule has 1 N–H and O–H groups in total. The quantitative estimate of drug-likeness (QED) is 0.350. The van der Waals surface area contributed by atoms with Crippen molar-refractivity contribution in [3.8, 4) is 11.5 Å². The van der Waals surface area contributed by atoms with Crippen molar-refractivity contribution in [2.45, 2.75) is 20.8 Å². The van der Waals surface area contributed by atoms with Crippen LogP contribution in [0.1, 0.15) is 20.8 Å². The predicted octanol–water partition coefficient (Wildman–Crippen LogP) is 7.04. The summed E-state index contributed by atoms with van der Waals surface area (Å²) in [5.74, 6) is 1.20. The molecule has 1 atom stereocenters. The van der Waals surface area contributed by atoms with E-state index in [0.717, 1.165) is 22.8 Å². The molecule has 1 heterocycles. The van der Waals surface area contributed by atoms with Gasteiger partial charge < -0.3 is 14.8 Å². The molecule has 158 valence electrons.